The van der Waals surface area contributed by atoms with E-state index in [0.29, 0.717) is 34.0 Å². The highest BCUT2D eigenvalue weighted by atomic mass is 32.2. The second-order valence-corrected chi connectivity index (χ2v) is 10.6. The van der Waals surface area contributed by atoms with Crippen LogP contribution in [0.2, 0.25) is 0 Å². The summed E-state index contributed by atoms with van der Waals surface area (Å²) in [6, 6.07) is 32.8. The van der Waals surface area contributed by atoms with Gasteiger partial charge >= 0.3 is 0 Å². The standard InChI is InChI=1S/C33H32N4O3S/c1-4-40-28-20-18-27(19-21-28)37-32(39)29-12-8-9-13-30(29)35-33(37)41-22-31(38)34-24-14-16-26(17-15-24)36(23(2)3)25-10-6-5-7-11-25/h5-21,23H,4,22H2,1-3H3,(H,34,38). The van der Waals surface area contributed by atoms with Crippen LogP contribution in [0.3, 0.4) is 0 Å². The zero-order chi connectivity index (χ0) is 28.8. The number of anilines is 3. The van der Waals surface area contributed by atoms with Crippen LogP contribution in [0.25, 0.3) is 16.6 Å². The highest BCUT2D eigenvalue weighted by Gasteiger charge is 2.16. The number of ether oxygens (including phenoxy) is 1. The van der Waals surface area contributed by atoms with E-state index < -0.39 is 0 Å². The molecular formula is C33H32N4O3S. The normalized spacial score (nSPS) is 11.0. The van der Waals surface area contributed by atoms with Gasteiger partial charge in [-0.2, -0.15) is 0 Å². The minimum absolute atomic E-state index is 0.0890. The summed E-state index contributed by atoms with van der Waals surface area (Å²) in [5.41, 5.74) is 3.91. The van der Waals surface area contributed by atoms with Gasteiger partial charge in [0.15, 0.2) is 5.16 Å². The molecule has 1 aromatic heterocycles. The maximum absolute atomic E-state index is 13.5. The van der Waals surface area contributed by atoms with Gasteiger partial charge in [0.2, 0.25) is 5.91 Å². The lowest BCUT2D eigenvalue weighted by Gasteiger charge is -2.29. The van der Waals surface area contributed by atoms with Crippen molar-refractivity contribution in [3.8, 4) is 11.4 Å². The molecule has 0 aliphatic rings. The van der Waals surface area contributed by atoms with Gasteiger partial charge in [0.25, 0.3) is 5.56 Å². The van der Waals surface area contributed by atoms with Crippen LogP contribution in [-0.4, -0.2) is 33.9 Å². The summed E-state index contributed by atoms with van der Waals surface area (Å²) in [7, 11) is 0. The predicted octanol–water partition coefficient (Wildman–Crippen LogP) is 7.06. The number of nitrogens with zero attached hydrogens (tertiary/aromatic N) is 3. The molecule has 41 heavy (non-hydrogen) atoms. The van der Waals surface area contributed by atoms with Crippen LogP contribution in [0.1, 0.15) is 20.8 Å². The van der Waals surface area contributed by atoms with E-state index in [0.717, 1.165) is 17.1 Å². The molecule has 208 valence electrons. The van der Waals surface area contributed by atoms with Gasteiger partial charge in [-0.1, -0.05) is 42.1 Å². The van der Waals surface area contributed by atoms with Crippen molar-refractivity contribution in [2.75, 3.05) is 22.6 Å². The zero-order valence-corrected chi connectivity index (χ0v) is 24.1. The fraction of sp³-hybridized carbons (Fsp3) is 0.182. The first kappa shape index (κ1) is 28.0. The molecule has 5 aromatic rings. The Morgan fingerprint density at radius 2 is 1.56 bits per heavy atom. The van der Waals surface area contributed by atoms with E-state index in [4.69, 9.17) is 9.72 Å². The number of thioether (sulfide) groups is 1. The second kappa shape index (κ2) is 12.7. The summed E-state index contributed by atoms with van der Waals surface area (Å²) in [4.78, 5) is 33.5. The molecular weight excluding hydrogens is 532 g/mol. The lowest BCUT2D eigenvalue weighted by molar-refractivity contribution is -0.113. The van der Waals surface area contributed by atoms with E-state index in [1.165, 1.54) is 11.8 Å². The maximum Gasteiger partial charge on any atom is 0.266 e. The van der Waals surface area contributed by atoms with Crippen molar-refractivity contribution < 1.29 is 9.53 Å². The number of amides is 1. The van der Waals surface area contributed by atoms with Gasteiger partial charge in [-0.3, -0.25) is 14.2 Å². The maximum atomic E-state index is 13.5. The number of fused-ring (bicyclic) bond motifs is 1. The van der Waals surface area contributed by atoms with Crippen molar-refractivity contribution in [2.45, 2.75) is 32.0 Å². The van der Waals surface area contributed by atoms with E-state index in [2.05, 4.69) is 36.2 Å². The molecule has 0 radical (unpaired) electrons. The lowest BCUT2D eigenvalue weighted by atomic mass is 10.2. The topological polar surface area (TPSA) is 76.5 Å². The number of hydrogen-bond acceptors (Lipinski definition) is 6. The molecule has 1 heterocycles. The molecule has 0 fully saturated rings. The highest BCUT2D eigenvalue weighted by molar-refractivity contribution is 7.99. The molecule has 0 atom stereocenters. The van der Waals surface area contributed by atoms with Crippen LogP contribution in [-0.2, 0) is 4.79 Å². The molecule has 8 heteroatoms. The lowest BCUT2D eigenvalue weighted by Crippen LogP contribution is -2.25. The van der Waals surface area contributed by atoms with E-state index in [9.17, 15) is 9.59 Å². The van der Waals surface area contributed by atoms with Crippen molar-refractivity contribution in [2.24, 2.45) is 0 Å². The Bertz CT molecular complexity index is 1680. The molecule has 7 nitrogen and oxygen atoms in total. The summed E-state index contributed by atoms with van der Waals surface area (Å²) in [5, 5.41) is 3.93. The number of rotatable bonds is 10. The number of benzene rings is 4. The third-order valence-electron chi connectivity index (χ3n) is 6.46. The monoisotopic (exact) mass is 564 g/mol. The molecule has 0 saturated heterocycles. The van der Waals surface area contributed by atoms with Crippen LogP contribution in [0.15, 0.2) is 113 Å². The van der Waals surface area contributed by atoms with Crippen LogP contribution in [0, 0.1) is 0 Å². The zero-order valence-electron chi connectivity index (χ0n) is 23.3. The first-order valence-electron chi connectivity index (χ1n) is 13.6. The van der Waals surface area contributed by atoms with Crippen LogP contribution >= 0.6 is 11.8 Å². The average Bonchev–Trinajstić information content (AvgIpc) is 2.98. The Morgan fingerprint density at radius 3 is 2.24 bits per heavy atom. The van der Waals surface area contributed by atoms with Gasteiger partial charge in [0.1, 0.15) is 5.75 Å². The Morgan fingerprint density at radius 1 is 0.902 bits per heavy atom. The smallest absolute Gasteiger partial charge is 0.266 e. The van der Waals surface area contributed by atoms with Crippen molar-refractivity contribution in [1.29, 1.82) is 0 Å². The highest BCUT2D eigenvalue weighted by Crippen LogP contribution is 2.29. The molecule has 4 aromatic carbocycles. The Labute approximate surface area is 243 Å². The number of hydrogen-bond donors (Lipinski definition) is 1. The quantitative estimate of drug-likeness (QED) is 0.145. The second-order valence-electron chi connectivity index (χ2n) is 9.66. The molecule has 1 amide bonds. The van der Waals surface area contributed by atoms with E-state index >= 15 is 0 Å². The fourth-order valence-corrected chi connectivity index (χ4v) is 5.47. The summed E-state index contributed by atoms with van der Waals surface area (Å²) >= 11 is 1.22. The first-order chi connectivity index (χ1) is 19.9. The molecule has 5 rings (SSSR count). The largest absolute Gasteiger partial charge is 0.494 e. The predicted molar refractivity (Wildman–Crippen MR) is 168 cm³/mol. The first-order valence-corrected chi connectivity index (χ1v) is 14.5. The molecule has 0 bridgehead atoms. The number of aromatic nitrogens is 2. The van der Waals surface area contributed by atoms with Crippen LogP contribution < -0.4 is 20.5 Å². The number of carbonyl (C=O) groups is 1. The molecule has 0 unspecified atom stereocenters. The number of carbonyl (C=O) groups excluding carboxylic acids is 1. The third kappa shape index (κ3) is 6.44. The molecule has 0 aliphatic carbocycles. The van der Waals surface area contributed by atoms with Crippen molar-refractivity contribution in [3.05, 3.63) is 113 Å². The summed E-state index contributed by atoms with van der Waals surface area (Å²) in [5.74, 6) is 0.621. The third-order valence-corrected chi connectivity index (χ3v) is 7.40. The van der Waals surface area contributed by atoms with E-state index in [1.807, 2.05) is 85.8 Å². The molecule has 0 saturated carbocycles. The van der Waals surface area contributed by atoms with Gasteiger partial charge < -0.3 is 15.0 Å². The Kier molecular flexibility index (Phi) is 8.70. The van der Waals surface area contributed by atoms with Crippen molar-refractivity contribution in [1.82, 2.24) is 9.55 Å². The number of para-hydroxylation sites is 2. The summed E-state index contributed by atoms with van der Waals surface area (Å²) in [6.45, 7) is 6.77. The minimum Gasteiger partial charge on any atom is -0.494 e. The van der Waals surface area contributed by atoms with E-state index in [1.54, 1.807) is 16.7 Å². The Hall–Kier alpha value is -4.56. The average molecular weight is 565 g/mol. The van der Waals surface area contributed by atoms with Crippen molar-refractivity contribution in [3.63, 3.8) is 0 Å². The molecule has 0 spiro atoms. The van der Waals surface area contributed by atoms with Gasteiger partial charge in [0, 0.05) is 23.1 Å². The number of nitrogens with one attached hydrogen (secondary N) is 1. The summed E-state index contributed by atoms with van der Waals surface area (Å²) in [6.07, 6.45) is 0. The van der Waals surface area contributed by atoms with Gasteiger partial charge in [-0.25, -0.2) is 4.98 Å². The van der Waals surface area contributed by atoms with Crippen LogP contribution in [0.4, 0.5) is 17.1 Å². The molecule has 0 aliphatic heterocycles. The van der Waals surface area contributed by atoms with E-state index in [-0.39, 0.29) is 23.3 Å². The Balaban J connectivity index is 1.34. The van der Waals surface area contributed by atoms with Gasteiger partial charge in [-0.05, 0) is 93.6 Å². The minimum atomic E-state index is -0.189. The van der Waals surface area contributed by atoms with Crippen LogP contribution in [0.5, 0.6) is 5.75 Å². The SMILES string of the molecule is CCOc1ccc(-n2c(SCC(=O)Nc3ccc(N(c4ccccc4)C(C)C)cc3)nc3ccccc3c2=O)cc1. The molecule has 1 N–H and O–H groups in total. The van der Waals surface area contributed by atoms with Crippen molar-refractivity contribution >= 4 is 45.6 Å². The van der Waals surface area contributed by atoms with Gasteiger partial charge in [0.05, 0.1) is 29.0 Å². The fourth-order valence-electron chi connectivity index (χ4n) is 4.66. The summed E-state index contributed by atoms with van der Waals surface area (Å²) < 4.78 is 7.10. The van der Waals surface area contributed by atoms with Gasteiger partial charge in [-0.15, -0.1) is 0 Å².